The van der Waals surface area contributed by atoms with Gasteiger partial charge < -0.3 is 9.64 Å². The topological polar surface area (TPSA) is 46.6 Å². The van der Waals surface area contributed by atoms with Crippen LogP contribution in [0.2, 0.25) is 5.02 Å². The van der Waals surface area contributed by atoms with Gasteiger partial charge in [-0.15, -0.1) is 0 Å². The lowest BCUT2D eigenvalue weighted by atomic mass is 9.72. The van der Waals surface area contributed by atoms with E-state index >= 15 is 0 Å². The molecule has 144 valence electrons. The van der Waals surface area contributed by atoms with Crippen molar-refractivity contribution in [3.8, 4) is 5.75 Å². The Morgan fingerprint density at radius 1 is 1.29 bits per heavy atom. The van der Waals surface area contributed by atoms with Crippen molar-refractivity contribution in [2.75, 3.05) is 7.05 Å². The van der Waals surface area contributed by atoms with Crippen molar-refractivity contribution in [1.82, 2.24) is 4.90 Å². The van der Waals surface area contributed by atoms with Crippen LogP contribution in [0.4, 0.5) is 0 Å². The van der Waals surface area contributed by atoms with Gasteiger partial charge in [0.1, 0.15) is 11.7 Å². The number of allylic oxidation sites excluding steroid dienone is 1. The highest BCUT2D eigenvalue weighted by atomic mass is 79.9. The third kappa shape index (κ3) is 3.27. The molecular weight excluding hydrogens is 442 g/mol. The van der Waals surface area contributed by atoms with Gasteiger partial charge in [-0.2, -0.15) is 0 Å². The number of nitrogens with zero attached hydrogens (tertiary/aromatic N) is 1. The molecular formula is C22H19BrClNO3. The summed E-state index contributed by atoms with van der Waals surface area (Å²) in [5, 5.41) is 0.564. The lowest BCUT2D eigenvalue weighted by molar-refractivity contribution is -0.170. The molecule has 2 aromatic carbocycles. The molecule has 0 N–H and O–H groups in total. The Bertz CT molecular complexity index is 988. The van der Waals surface area contributed by atoms with Crippen LogP contribution < -0.4 is 4.74 Å². The zero-order chi connectivity index (χ0) is 20.1. The van der Waals surface area contributed by atoms with Crippen molar-refractivity contribution in [3.63, 3.8) is 0 Å². The highest BCUT2D eigenvalue weighted by Gasteiger charge is 2.54. The first-order chi connectivity index (χ1) is 13.3. The van der Waals surface area contributed by atoms with Crippen molar-refractivity contribution < 1.29 is 14.3 Å². The number of carbonyl (C=O) groups is 2. The number of ketones is 1. The van der Waals surface area contributed by atoms with Gasteiger partial charge >= 0.3 is 0 Å². The van der Waals surface area contributed by atoms with E-state index in [1.165, 1.54) is 6.08 Å². The smallest absolute Gasteiger partial charge is 0.236 e. The number of rotatable bonds is 3. The van der Waals surface area contributed by atoms with E-state index in [1.54, 1.807) is 30.2 Å². The lowest BCUT2D eigenvalue weighted by Gasteiger charge is -2.51. The number of benzene rings is 2. The number of hydrogen-bond donors (Lipinski definition) is 0. The van der Waals surface area contributed by atoms with Crippen molar-refractivity contribution in [3.05, 3.63) is 69.2 Å². The van der Waals surface area contributed by atoms with Crippen LogP contribution in [-0.2, 0) is 9.59 Å². The van der Waals surface area contributed by atoms with Gasteiger partial charge in [0.15, 0.2) is 11.5 Å². The maximum Gasteiger partial charge on any atom is 0.236 e. The monoisotopic (exact) mass is 459 g/mol. The van der Waals surface area contributed by atoms with Crippen LogP contribution in [0.15, 0.2) is 53.0 Å². The fourth-order valence-corrected chi connectivity index (χ4v) is 4.44. The molecule has 0 radical (unpaired) electrons. The summed E-state index contributed by atoms with van der Waals surface area (Å²) in [6, 6.07) is 13.0. The summed E-state index contributed by atoms with van der Waals surface area (Å²) < 4.78 is 7.08. The summed E-state index contributed by atoms with van der Waals surface area (Å²) in [7, 11) is 1.69. The molecule has 0 saturated carbocycles. The molecule has 2 heterocycles. The van der Waals surface area contributed by atoms with Gasteiger partial charge in [0.05, 0.1) is 0 Å². The summed E-state index contributed by atoms with van der Waals surface area (Å²) in [4.78, 5) is 27.7. The third-order valence-corrected chi connectivity index (χ3v) is 6.39. The van der Waals surface area contributed by atoms with Crippen molar-refractivity contribution >= 4 is 45.3 Å². The molecule has 28 heavy (non-hydrogen) atoms. The van der Waals surface area contributed by atoms with E-state index in [2.05, 4.69) is 15.9 Å². The Morgan fingerprint density at radius 3 is 2.71 bits per heavy atom. The van der Waals surface area contributed by atoms with Crippen LogP contribution >= 0.6 is 27.5 Å². The number of hydrogen-bond acceptors (Lipinski definition) is 3. The van der Waals surface area contributed by atoms with Crippen molar-refractivity contribution in [2.45, 2.75) is 25.0 Å². The second-order valence-electron chi connectivity index (χ2n) is 7.43. The molecule has 6 heteroatoms. The molecule has 0 aromatic heterocycles. The highest BCUT2D eigenvalue weighted by molar-refractivity contribution is 9.10. The largest absolute Gasteiger partial charge is 0.468 e. The molecule has 1 fully saturated rings. The number of piperidine rings is 1. The maximum atomic E-state index is 13.1. The number of carbonyl (C=O) groups excluding carboxylic acids is 2. The zero-order valence-electron chi connectivity index (χ0n) is 15.5. The molecule has 2 aromatic rings. The van der Waals surface area contributed by atoms with Gasteiger partial charge in [-0.1, -0.05) is 45.7 Å². The number of ether oxygens (including phenoxy) is 1. The zero-order valence-corrected chi connectivity index (χ0v) is 17.8. The van der Waals surface area contributed by atoms with E-state index in [-0.39, 0.29) is 17.6 Å². The lowest BCUT2D eigenvalue weighted by Crippen LogP contribution is -2.62. The first-order valence-electron chi connectivity index (χ1n) is 9.02. The normalized spacial score (nSPS) is 26.1. The standard InChI is InChI=1S/C22H19BrClNO3/c1-22-12-17(16-11-15(24)8-10-19(16)28-22)20(21(27)25(22)2)18(26)9-5-13-3-6-14(23)7-4-13/h3-11,17,20H,12H2,1-2H3/b9-5+. The van der Waals surface area contributed by atoms with Crippen LogP contribution in [0.25, 0.3) is 6.08 Å². The number of likely N-dealkylation sites (tertiary alicyclic amines) is 1. The van der Waals surface area contributed by atoms with E-state index in [0.717, 1.165) is 15.6 Å². The fourth-order valence-electron chi connectivity index (χ4n) is 3.99. The number of fused-ring (bicyclic) bond motifs is 4. The van der Waals surface area contributed by atoms with Gasteiger partial charge in [-0.05, 0) is 48.9 Å². The summed E-state index contributed by atoms with van der Waals surface area (Å²) in [6.45, 7) is 1.88. The first-order valence-corrected chi connectivity index (χ1v) is 10.2. The molecule has 3 unspecified atom stereocenters. The minimum Gasteiger partial charge on any atom is -0.468 e. The average molecular weight is 461 g/mol. The van der Waals surface area contributed by atoms with Crippen molar-refractivity contribution in [1.29, 1.82) is 0 Å². The second kappa shape index (κ2) is 7.05. The van der Waals surface area contributed by atoms with Crippen molar-refractivity contribution in [2.24, 2.45) is 5.92 Å². The van der Waals surface area contributed by atoms with Crippen LogP contribution in [0.1, 0.15) is 30.4 Å². The number of amides is 1. The van der Waals surface area contributed by atoms with Gasteiger partial charge in [0.2, 0.25) is 5.91 Å². The van der Waals surface area contributed by atoms with E-state index in [4.69, 9.17) is 16.3 Å². The van der Waals surface area contributed by atoms with Crippen LogP contribution in [0.3, 0.4) is 0 Å². The molecule has 4 nitrogen and oxygen atoms in total. The molecule has 2 aliphatic rings. The first kappa shape index (κ1) is 19.2. The molecule has 1 saturated heterocycles. The molecule has 1 amide bonds. The predicted octanol–water partition coefficient (Wildman–Crippen LogP) is 5.06. The predicted molar refractivity (Wildman–Crippen MR) is 112 cm³/mol. The van der Waals surface area contributed by atoms with Gasteiger partial charge in [0.25, 0.3) is 0 Å². The SMILES string of the molecule is CN1C(=O)C(C(=O)/C=C/c2ccc(Br)cc2)C2CC1(C)Oc1ccc(Cl)cc12. The molecule has 2 aliphatic heterocycles. The summed E-state index contributed by atoms with van der Waals surface area (Å²) in [5.74, 6) is -0.809. The third-order valence-electron chi connectivity index (χ3n) is 5.62. The van der Waals surface area contributed by atoms with Crippen LogP contribution in [0, 0.1) is 5.92 Å². The second-order valence-corrected chi connectivity index (χ2v) is 8.78. The van der Waals surface area contributed by atoms with Gasteiger partial charge in [-0.3, -0.25) is 9.59 Å². The van der Waals surface area contributed by atoms with E-state index in [1.807, 2.05) is 37.3 Å². The molecule has 2 bridgehead atoms. The van der Waals surface area contributed by atoms with Crippen LogP contribution in [0.5, 0.6) is 5.75 Å². The molecule has 4 rings (SSSR count). The average Bonchev–Trinajstić information content (AvgIpc) is 2.66. The van der Waals surface area contributed by atoms with Crippen LogP contribution in [-0.4, -0.2) is 29.4 Å². The van der Waals surface area contributed by atoms with Gasteiger partial charge in [0, 0.05) is 34.4 Å². The minimum atomic E-state index is -0.786. The molecule has 0 aliphatic carbocycles. The molecule has 3 atom stereocenters. The summed E-state index contributed by atoms with van der Waals surface area (Å²) >= 11 is 9.57. The Morgan fingerprint density at radius 2 is 2.00 bits per heavy atom. The Balaban J connectivity index is 1.70. The fraction of sp³-hybridized carbons (Fsp3) is 0.273. The van der Waals surface area contributed by atoms with E-state index in [9.17, 15) is 9.59 Å². The molecule has 0 spiro atoms. The Labute approximate surface area is 177 Å². The van der Waals surface area contributed by atoms with Gasteiger partial charge in [-0.25, -0.2) is 0 Å². The van der Waals surface area contributed by atoms with E-state index < -0.39 is 11.6 Å². The highest BCUT2D eigenvalue weighted by Crippen LogP contribution is 2.50. The summed E-state index contributed by atoms with van der Waals surface area (Å²) in [5.41, 5.74) is 0.949. The Hall–Kier alpha value is -2.11. The number of halogens is 2. The Kier molecular flexibility index (Phi) is 4.84. The van der Waals surface area contributed by atoms with E-state index in [0.29, 0.717) is 17.2 Å². The maximum absolute atomic E-state index is 13.1. The summed E-state index contributed by atoms with van der Waals surface area (Å²) in [6.07, 6.45) is 3.79. The quantitative estimate of drug-likeness (QED) is 0.475. The minimum absolute atomic E-state index is 0.209.